The van der Waals surface area contributed by atoms with Crippen molar-refractivity contribution in [3.8, 4) is 6.07 Å². The number of anilines is 1. The summed E-state index contributed by atoms with van der Waals surface area (Å²) in [6, 6.07) is 13.6. The minimum absolute atomic E-state index is 0.446. The van der Waals surface area contributed by atoms with Crippen LogP contribution in [0.3, 0.4) is 0 Å². The Morgan fingerprint density at radius 2 is 1.96 bits per heavy atom. The van der Waals surface area contributed by atoms with Crippen molar-refractivity contribution in [2.75, 3.05) is 18.4 Å². The normalized spacial score (nSPS) is 16.4. The summed E-state index contributed by atoms with van der Waals surface area (Å²) >= 11 is 0. The number of likely N-dealkylation sites (tertiary alicyclic amines) is 1. The molecule has 1 aromatic carbocycles. The molecular formula is C21H25N5. The Hall–Kier alpha value is -2.58. The number of hydrogen-bond donors (Lipinski definition) is 1. The summed E-state index contributed by atoms with van der Waals surface area (Å²) in [5, 5.41) is 13.3. The molecule has 1 fully saturated rings. The van der Waals surface area contributed by atoms with Crippen LogP contribution in [0.5, 0.6) is 0 Å². The van der Waals surface area contributed by atoms with Gasteiger partial charge in [0.25, 0.3) is 0 Å². The van der Waals surface area contributed by atoms with Crippen LogP contribution in [0.25, 0.3) is 16.7 Å². The molecule has 5 heteroatoms. The first-order chi connectivity index (χ1) is 12.6. The monoisotopic (exact) mass is 347 g/mol. The first kappa shape index (κ1) is 16.9. The van der Waals surface area contributed by atoms with E-state index in [4.69, 9.17) is 4.98 Å². The zero-order valence-electron chi connectivity index (χ0n) is 15.7. The Bertz CT molecular complexity index is 987. The quantitative estimate of drug-likeness (QED) is 0.779. The highest BCUT2D eigenvalue weighted by atomic mass is 15.2. The summed E-state index contributed by atoms with van der Waals surface area (Å²) in [6.45, 7) is 8.76. The van der Waals surface area contributed by atoms with E-state index >= 15 is 0 Å². The zero-order chi connectivity index (χ0) is 18.3. The van der Waals surface area contributed by atoms with Gasteiger partial charge < -0.3 is 10.2 Å². The highest BCUT2D eigenvalue weighted by molar-refractivity contribution is 5.85. The van der Waals surface area contributed by atoms with E-state index in [1.54, 1.807) is 0 Å². The Morgan fingerprint density at radius 3 is 2.65 bits per heavy atom. The molecule has 1 N–H and O–H groups in total. The molecular weight excluding hydrogens is 322 g/mol. The Kier molecular flexibility index (Phi) is 4.29. The third-order valence-electron chi connectivity index (χ3n) is 5.50. The van der Waals surface area contributed by atoms with Gasteiger partial charge >= 0.3 is 0 Å². The van der Waals surface area contributed by atoms with Crippen molar-refractivity contribution in [1.29, 1.82) is 5.26 Å². The summed E-state index contributed by atoms with van der Waals surface area (Å²) in [4.78, 5) is 7.26. The van der Waals surface area contributed by atoms with Gasteiger partial charge in [0.2, 0.25) is 0 Å². The molecule has 0 atom stereocenters. The van der Waals surface area contributed by atoms with Gasteiger partial charge in [0, 0.05) is 25.2 Å². The second-order valence-electron chi connectivity index (χ2n) is 7.51. The van der Waals surface area contributed by atoms with Gasteiger partial charge in [-0.2, -0.15) is 5.26 Å². The number of nitriles is 1. The van der Waals surface area contributed by atoms with E-state index in [0.717, 1.165) is 54.0 Å². The predicted molar refractivity (Wildman–Crippen MR) is 106 cm³/mol. The minimum Gasteiger partial charge on any atom is -0.368 e. The van der Waals surface area contributed by atoms with Gasteiger partial charge in [-0.05, 0) is 57.4 Å². The van der Waals surface area contributed by atoms with E-state index in [2.05, 4.69) is 46.7 Å². The van der Waals surface area contributed by atoms with E-state index in [0.29, 0.717) is 17.6 Å². The number of nitrogens with zero attached hydrogens (tertiary/aromatic N) is 4. The number of aromatic nitrogens is 2. The number of aryl methyl sites for hydroxylation is 1. The van der Waals surface area contributed by atoms with Crippen molar-refractivity contribution >= 4 is 22.5 Å². The van der Waals surface area contributed by atoms with Crippen LogP contribution in [0, 0.1) is 18.3 Å². The standard InChI is InChI=1S/C21H25N5/c1-14(2)25-10-8-16(9-11-25)23-20-12-15(3)17(13-22)21-24-18-6-4-5-7-19(18)26(20)21/h4-7,12,14,16,23H,8-11H2,1-3H3. The lowest BCUT2D eigenvalue weighted by molar-refractivity contribution is 0.177. The predicted octanol–water partition coefficient (Wildman–Crippen LogP) is 3.95. The van der Waals surface area contributed by atoms with Crippen LogP contribution in [0.4, 0.5) is 5.82 Å². The summed E-state index contributed by atoms with van der Waals surface area (Å²) < 4.78 is 2.11. The molecule has 2 aromatic heterocycles. The van der Waals surface area contributed by atoms with Gasteiger partial charge in [-0.3, -0.25) is 4.40 Å². The summed E-state index contributed by atoms with van der Waals surface area (Å²) in [5.41, 5.74) is 4.34. The van der Waals surface area contributed by atoms with Gasteiger partial charge in [-0.25, -0.2) is 4.98 Å². The van der Waals surface area contributed by atoms with Gasteiger partial charge in [-0.1, -0.05) is 12.1 Å². The Balaban J connectivity index is 1.75. The van der Waals surface area contributed by atoms with E-state index in [1.165, 1.54) is 0 Å². The van der Waals surface area contributed by atoms with Crippen LogP contribution in [0.2, 0.25) is 0 Å². The third-order valence-corrected chi connectivity index (χ3v) is 5.50. The fraction of sp³-hybridized carbons (Fsp3) is 0.429. The average molecular weight is 347 g/mol. The molecule has 0 amide bonds. The van der Waals surface area contributed by atoms with E-state index < -0.39 is 0 Å². The molecule has 26 heavy (non-hydrogen) atoms. The SMILES string of the molecule is Cc1cc(NC2CCN(C(C)C)CC2)n2c(nc3ccccc32)c1C#N. The van der Waals surface area contributed by atoms with E-state index in [1.807, 2.05) is 25.1 Å². The smallest absolute Gasteiger partial charge is 0.157 e. The molecule has 3 heterocycles. The van der Waals surface area contributed by atoms with Crippen LogP contribution >= 0.6 is 0 Å². The first-order valence-electron chi connectivity index (χ1n) is 9.40. The maximum atomic E-state index is 9.61. The average Bonchev–Trinajstić information content (AvgIpc) is 3.01. The molecule has 3 aromatic rings. The Morgan fingerprint density at radius 1 is 1.23 bits per heavy atom. The van der Waals surface area contributed by atoms with Gasteiger partial charge in [0.15, 0.2) is 5.65 Å². The summed E-state index contributed by atoms with van der Waals surface area (Å²) in [7, 11) is 0. The van der Waals surface area contributed by atoms with Crippen molar-refractivity contribution < 1.29 is 0 Å². The molecule has 0 spiro atoms. The molecule has 0 unspecified atom stereocenters. The van der Waals surface area contributed by atoms with E-state index in [9.17, 15) is 5.26 Å². The number of hydrogen-bond acceptors (Lipinski definition) is 4. The highest BCUT2D eigenvalue weighted by Crippen LogP contribution is 2.28. The molecule has 1 aliphatic rings. The van der Waals surface area contributed by atoms with Crippen LogP contribution in [-0.2, 0) is 0 Å². The number of benzene rings is 1. The molecule has 1 aliphatic heterocycles. The molecule has 5 nitrogen and oxygen atoms in total. The number of pyridine rings is 1. The number of rotatable bonds is 3. The maximum absolute atomic E-state index is 9.61. The second-order valence-corrected chi connectivity index (χ2v) is 7.51. The molecule has 0 saturated carbocycles. The molecule has 4 rings (SSSR count). The molecule has 0 bridgehead atoms. The van der Waals surface area contributed by atoms with Gasteiger partial charge in [0.05, 0.1) is 16.6 Å². The highest BCUT2D eigenvalue weighted by Gasteiger charge is 2.22. The number of fused-ring (bicyclic) bond motifs is 3. The van der Waals surface area contributed by atoms with Gasteiger partial charge in [0.1, 0.15) is 11.9 Å². The maximum Gasteiger partial charge on any atom is 0.157 e. The first-order valence-corrected chi connectivity index (χ1v) is 9.40. The summed E-state index contributed by atoms with van der Waals surface area (Å²) in [5.74, 6) is 1.04. The van der Waals surface area contributed by atoms with Crippen LogP contribution < -0.4 is 5.32 Å². The Labute approximate surface area is 154 Å². The largest absolute Gasteiger partial charge is 0.368 e. The van der Waals surface area contributed by atoms with Crippen molar-refractivity contribution in [3.05, 3.63) is 41.5 Å². The molecule has 0 aliphatic carbocycles. The molecule has 134 valence electrons. The molecule has 0 radical (unpaired) electrons. The second kappa shape index (κ2) is 6.62. The fourth-order valence-corrected chi connectivity index (χ4v) is 3.97. The third kappa shape index (κ3) is 2.81. The van der Waals surface area contributed by atoms with Crippen molar-refractivity contribution in [3.63, 3.8) is 0 Å². The van der Waals surface area contributed by atoms with Crippen LogP contribution in [-0.4, -0.2) is 39.5 Å². The minimum atomic E-state index is 0.446. The van der Waals surface area contributed by atoms with Crippen molar-refractivity contribution in [2.45, 2.75) is 45.7 Å². The lowest BCUT2D eigenvalue weighted by atomic mass is 10.0. The number of piperidine rings is 1. The fourth-order valence-electron chi connectivity index (χ4n) is 3.97. The number of imidazole rings is 1. The lowest BCUT2D eigenvalue weighted by Gasteiger charge is -2.35. The van der Waals surface area contributed by atoms with E-state index in [-0.39, 0.29) is 0 Å². The lowest BCUT2D eigenvalue weighted by Crippen LogP contribution is -2.42. The van der Waals surface area contributed by atoms with Crippen molar-refractivity contribution in [1.82, 2.24) is 14.3 Å². The topological polar surface area (TPSA) is 56.4 Å². The molecule has 1 saturated heterocycles. The summed E-state index contributed by atoms with van der Waals surface area (Å²) in [6.07, 6.45) is 2.26. The zero-order valence-corrected chi connectivity index (χ0v) is 15.7. The van der Waals surface area contributed by atoms with Crippen molar-refractivity contribution in [2.24, 2.45) is 0 Å². The number of nitrogens with one attached hydrogen (secondary N) is 1. The number of para-hydroxylation sites is 2. The van der Waals surface area contributed by atoms with Crippen LogP contribution in [0.1, 0.15) is 37.8 Å². The van der Waals surface area contributed by atoms with Gasteiger partial charge in [-0.15, -0.1) is 0 Å². The van der Waals surface area contributed by atoms with Crippen LogP contribution in [0.15, 0.2) is 30.3 Å².